The second kappa shape index (κ2) is 10.6. The van der Waals surface area contributed by atoms with E-state index in [2.05, 4.69) is 27.9 Å². The summed E-state index contributed by atoms with van der Waals surface area (Å²) in [6, 6.07) is 17.8. The van der Waals surface area contributed by atoms with Gasteiger partial charge in [-0.2, -0.15) is 10.2 Å². The van der Waals surface area contributed by atoms with Crippen LogP contribution < -0.4 is 10.6 Å². The molecular formula is C28H31ClN6O. The maximum atomic E-state index is 13.3. The maximum absolute atomic E-state index is 13.3. The van der Waals surface area contributed by atoms with E-state index in [0.717, 1.165) is 53.2 Å². The van der Waals surface area contributed by atoms with Gasteiger partial charge >= 0.3 is 6.03 Å². The van der Waals surface area contributed by atoms with Gasteiger partial charge in [-0.3, -0.25) is 10.00 Å². The molecule has 36 heavy (non-hydrogen) atoms. The van der Waals surface area contributed by atoms with Gasteiger partial charge in [0.25, 0.3) is 0 Å². The first-order valence-electron chi connectivity index (χ1n) is 12.4. The lowest BCUT2D eigenvalue weighted by atomic mass is 9.81. The highest BCUT2D eigenvalue weighted by Gasteiger charge is 2.28. The first kappa shape index (κ1) is 24.1. The van der Waals surface area contributed by atoms with Gasteiger partial charge in [0.15, 0.2) is 0 Å². The molecule has 7 nitrogen and oxygen atoms in total. The van der Waals surface area contributed by atoms with Crippen molar-refractivity contribution >= 4 is 23.4 Å². The summed E-state index contributed by atoms with van der Waals surface area (Å²) in [4.78, 5) is 13.3. The lowest BCUT2D eigenvalue weighted by molar-refractivity contribution is 0.227. The van der Waals surface area contributed by atoms with Crippen LogP contribution in [-0.2, 0) is 13.5 Å². The van der Waals surface area contributed by atoms with Crippen molar-refractivity contribution in [3.63, 3.8) is 0 Å². The van der Waals surface area contributed by atoms with Crippen LogP contribution >= 0.6 is 11.6 Å². The molecule has 4 aromatic rings. The van der Waals surface area contributed by atoms with Gasteiger partial charge in [0.05, 0.1) is 11.9 Å². The Morgan fingerprint density at radius 3 is 2.56 bits per heavy atom. The normalized spacial score (nSPS) is 17.6. The lowest BCUT2D eigenvalue weighted by Crippen LogP contribution is -2.45. The Kier molecular flexibility index (Phi) is 7.09. The molecule has 0 bridgehead atoms. The van der Waals surface area contributed by atoms with Crippen molar-refractivity contribution in [2.75, 3.05) is 5.32 Å². The molecule has 2 aromatic carbocycles. The summed E-state index contributed by atoms with van der Waals surface area (Å²) in [6.07, 6.45) is 9.02. The van der Waals surface area contributed by atoms with Crippen molar-refractivity contribution in [3.05, 3.63) is 83.1 Å². The highest BCUT2D eigenvalue weighted by atomic mass is 35.5. The van der Waals surface area contributed by atoms with Gasteiger partial charge in [0.2, 0.25) is 0 Å². The Labute approximate surface area is 216 Å². The maximum Gasteiger partial charge on any atom is 0.320 e. The number of nitrogens with one attached hydrogen (secondary N) is 2. The molecule has 2 aromatic heterocycles. The number of aromatic nitrogens is 4. The second-order valence-corrected chi connectivity index (χ2v) is 9.99. The third-order valence-electron chi connectivity index (χ3n) is 6.97. The van der Waals surface area contributed by atoms with E-state index < -0.39 is 0 Å². The van der Waals surface area contributed by atoms with Gasteiger partial charge in [0.1, 0.15) is 11.5 Å². The minimum Gasteiger partial charge on any atom is -0.335 e. The van der Waals surface area contributed by atoms with E-state index in [9.17, 15) is 4.79 Å². The van der Waals surface area contributed by atoms with Gasteiger partial charge in [0, 0.05) is 35.4 Å². The van der Waals surface area contributed by atoms with Crippen LogP contribution in [0.25, 0.3) is 16.9 Å². The van der Waals surface area contributed by atoms with Crippen LogP contribution in [0.2, 0.25) is 5.02 Å². The van der Waals surface area contributed by atoms with Crippen LogP contribution in [0.4, 0.5) is 10.6 Å². The molecule has 0 aliphatic heterocycles. The topological polar surface area (TPSA) is 76.8 Å². The summed E-state index contributed by atoms with van der Waals surface area (Å²) in [7, 11) is 1.88. The molecule has 2 N–H and O–H groups in total. The molecule has 2 unspecified atom stereocenters. The van der Waals surface area contributed by atoms with Crippen LogP contribution in [0.1, 0.15) is 36.8 Å². The minimum atomic E-state index is -0.207. The van der Waals surface area contributed by atoms with Crippen molar-refractivity contribution < 1.29 is 4.79 Å². The smallest absolute Gasteiger partial charge is 0.320 e. The Balaban J connectivity index is 1.37. The van der Waals surface area contributed by atoms with E-state index in [1.807, 2.05) is 62.6 Å². The number of halogens is 1. The summed E-state index contributed by atoms with van der Waals surface area (Å²) in [5.41, 5.74) is 4.72. The second-order valence-electron chi connectivity index (χ2n) is 9.55. The van der Waals surface area contributed by atoms with Gasteiger partial charge < -0.3 is 5.32 Å². The van der Waals surface area contributed by atoms with E-state index in [4.69, 9.17) is 16.7 Å². The Morgan fingerprint density at radius 2 is 1.83 bits per heavy atom. The van der Waals surface area contributed by atoms with E-state index in [1.165, 1.54) is 12.0 Å². The van der Waals surface area contributed by atoms with E-state index in [0.29, 0.717) is 11.7 Å². The third kappa shape index (κ3) is 5.31. The van der Waals surface area contributed by atoms with Crippen LogP contribution in [0.15, 0.2) is 67.0 Å². The SMILES string of the molecule is Cc1c(-c2cnn(C)c2)nn(-c2ccccc2)c1NC(=O)NC1CCCCC1Cc1ccc(Cl)cc1. The molecule has 0 saturated heterocycles. The zero-order valence-electron chi connectivity index (χ0n) is 20.6. The zero-order chi connectivity index (χ0) is 25.1. The molecule has 1 aliphatic rings. The largest absolute Gasteiger partial charge is 0.335 e. The molecule has 8 heteroatoms. The summed E-state index contributed by atoms with van der Waals surface area (Å²) in [6.45, 7) is 1.98. The average Bonchev–Trinajstić information content (AvgIpc) is 3.45. The molecule has 2 amide bonds. The summed E-state index contributed by atoms with van der Waals surface area (Å²) in [5.74, 6) is 1.04. The highest BCUT2D eigenvalue weighted by Crippen LogP contribution is 2.31. The van der Waals surface area contributed by atoms with Crippen LogP contribution in [0.5, 0.6) is 0 Å². The summed E-state index contributed by atoms with van der Waals surface area (Å²) in [5, 5.41) is 16.3. The number of rotatable bonds is 6. The predicted molar refractivity (Wildman–Crippen MR) is 144 cm³/mol. The van der Waals surface area contributed by atoms with Crippen molar-refractivity contribution in [1.29, 1.82) is 0 Å². The molecule has 1 aliphatic carbocycles. The molecule has 186 valence electrons. The number of urea groups is 1. The molecule has 2 heterocycles. The van der Waals surface area contributed by atoms with Gasteiger partial charge in [-0.05, 0) is 61.9 Å². The lowest BCUT2D eigenvalue weighted by Gasteiger charge is -2.32. The number of carbonyl (C=O) groups is 1. The fraction of sp³-hybridized carbons (Fsp3) is 0.321. The molecular weight excluding hydrogens is 472 g/mol. The van der Waals surface area contributed by atoms with E-state index in [-0.39, 0.29) is 12.1 Å². The van der Waals surface area contributed by atoms with Gasteiger partial charge in [-0.15, -0.1) is 0 Å². The number of benzene rings is 2. The summed E-state index contributed by atoms with van der Waals surface area (Å²) >= 11 is 6.06. The Morgan fingerprint density at radius 1 is 1.08 bits per heavy atom. The van der Waals surface area contributed by atoms with Crippen LogP contribution in [0, 0.1) is 12.8 Å². The fourth-order valence-electron chi connectivity index (χ4n) is 5.09. The number of hydrogen-bond donors (Lipinski definition) is 2. The van der Waals surface area contributed by atoms with Gasteiger partial charge in [-0.25, -0.2) is 9.48 Å². The summed E-state index contributed by atoms with van der Waals surface area (Å²) < 4.78 is 3.54. The van der Waals surface area contributed by atoms with Gasteiger partial charge in [-0.1, -0.05) is 54.8 Å². The van der Waals surface area contributed by atoms with Crippen molar-refractivity contribution in [1.82, 2.24) is 24.9 Å². The number of anilines is 1. The van der Waals surface area contributed by atoms with Crippen LogP contribution in [0.3, 0.4) is 0 Å². The fourth-order valence-corrected chi connectivity index (χ4v) is 5.22. The first-order valence-corrected chi connectivity index (χ1v) is 12.8. The quantitative estimate of drug-likeness (QED) is 0.331. The zero-order valence-corrected chi connectivity index (χ0v) is 21.4. The Bertz CT molecular complexity index is 1330. The molecule has 2 atom stereocenters. The molecule has 1 saturated carbocycles. The van der Waals surface area contributed by atoms with E-state index in [1.54, 1.807) is 15.6 Å². The standard InChI is InChI=1S/C28H31ClN6O/c1-19-26(22-17-30-34(2)18-22)33-35(24-9-4-3-5-10-24)27(19)32-28(36)31-25-11-7-6-8-21(25)16-20-12-14-23(29)15-13-20/h3-5,9-10,12-15,17-18,21,25H,6-8,11,16H2,1-2H3,(H2,31,32,36). The third-order valence-corrected chi connectivity index (χ3v) is 7.22. The molecule has 0 radical (unpaired) electrons. The Hall–Kier alpha value is -3.58. The number of para-hydroxylation sites is 1. The number of carbonyl (C=O) groups excluding carboxylic acids is 1. The molecule has 0 spiro atoms. The van der Waals surface area contributed by atoms with Crippen LogP contribution in [-0.4, -0.2) is 31.6 Å². The number of aryl methyl sites for hydroxylation is 1. The minimum absolute atomic E-state index is 0.112. The average molecular weight is 503 g/mol. The monoisotopic (exact) mass is 502 g/mol. The van der Waals surface area contributed by atoms with E-state index >= 15 is 0 Å². The molecule has 1 fully saturated rings. The predicted octanol–water partition coefficient (Wildman–Crippen LogP) is 6.16. The molecule has 5 rings (SSSR count). The van der Waals surface area contributed by atoms with Crippen molar-refractivity contribution in [3.8, 4) is 16.9 Å². The first-order chi connectivity index (χ1) is 17.5. The number of amides is 2. The van der Waals surface area contributed by atoms with Crippen molar-refractivity contribution in [2.24, 2.45) is 13.0 Å². The highest BCUT2D eigenvalue weighted by molar-refractivity contribution is 6.30. The number of nitrogens with zero attached hydrogens (tertiary/aromatic N) is 4. The van der Waals surface area contributed by atoms with Crippen molar-refractivity contribution in [2.45, 2.75) is 45.1 Å². The number of hydrogen-bond acceptors (Lipinski definition) is 3.